The summed E-state index contributed by atoms with van der Waals surface area (Å²) in [6.07, 6.45) is 4.82. The summed E-state index contributed by atoms with van der Waals surface area (Å²) >= 11 is 5.92. The third-order valence-electron chi connectivity index (χ3n) is 4.33. The van der Waals surface area contributed by atoms with Gasteiger partial charge in [0.1, 0.15) is 5.69 Å². The maximum Gasteiger partial charge on any atom is 0.327 e. The highest BCUT2D eigenvalue weighted by atomic mass is 35.5. The Kier molecular flexibility index (Phi) is 4.24. The van der Waals surface area contributed by atoms with E-state index in [-0.39, 0.29) is 35.0 Å². The molecule has 1 saturated carbocycles. The monoisotopic (exact) mass is 429 g/mol. The van der Waals surface area contributed by atoms with Crippen LogP contribution in [0.3, 0.4) is 0 Å². The van der Waals surface area contributed by atoms with Crippen molar-refractivity contribution in [1.29, 1.82) is 0 Å². The van der Waals surface area contributed by atoms with Gasteiger partial charge in [-0.15, -0.1) is 0 Å². The minimum atomic E-state index is -0.626. The van der Waals surface area contributed by atoms with Gasteiger partial charge in [-0.05, 0) is 31.1 Å². The van der Waals surface area contributed by atoms with Gasteiger partial charge in [-0.25, -0.2) is 14.2 Å². The van der Waals surface area contributed by atoms with E-state index >= 15 is 0 Å². The number of nitrogens with zero attached hydrogens (tertiary/aromatic N) is 5. The van der Waals surface area contributed by atoms with Crippen LogP contribution in [0.2, 0.25) is 5.02 Å². The van der Waals surface area contributed by atoms with E-state index in [2.05, 4.69) is 30.0 Å². The first-order chi connectivity index (χ1) is 14.5. The molecule has 0 bridgehead atoms. The molecule has 0 aliphatic heterocycles. The quantitative estimate of drug-likeness (QED) is 0.444. The average Bonchev–Trinajstić information content (AvgIpc) is 3.34. The largest absolute Gasteiger partial charge is 0.493 e. The minimum Gasteiger partial charge on any atom is -0.493 e. The number of nitrogens with one attached hydrogen (secondary N) is 2. The Morgan fingerprint density at radius 3 is 2.90 bits per heavy atom. The second kappa shape index (κ2) is 6.95. The molecule has 0 spiro atoms. The molecule has 0 atom stereocenters. The number of aromatic hydroxyl groups is 1. The Bertz CT molecular complexity index is 1450. The smallest absolute Gasteiger partial charge is 0.327 e. The maximum absolute atomic E-state index is 14.1. The third kappa shape index (κ3) is 3.50. The van der Waals surface area contributed by atoms with Gasteiger partial charge in [0, 0.05) is 16.3 Å². The van der Waals surface area contributed by atoms with Gasteiger partial charge >= 0.3 is 11.7 Å². The van der Waals surface area contributed by atoms with Crippen molar-refractivity contribution in [3.05, 3.63) is 62.3 Å². The Morgan fingerprint density at radius 1 is 1.33 bits per heavy atom. The summed E-state index contributed by atoms with van der Waals surface area (Å²) in [5.74, 6) is -1.09. The molecule has 0 radical (unpaired) electrons. The number of rotatable bonds is 4. The normalized spacial score (nSPS) is 15.3. The number of imidazole rings is 1. The Morgan fingerprint density at radius 2 is 2.17 bits per heavy atom. The van der Waals surface area contributed by atoms with Crippen molar-refractivity contribution in [1.82, 2.24) is 29.5 Å². The van der Waals surface area contributed by atoms with E-state index in [1.807, 2.05) is 0 Å². The van der Waals surface area contributed by atoms with Crippen LogP contribution < -0.4 is 21.3 Å². The summed E-state index contributed by atoms with van der Waals surface area (Å²) in [5.41, 5.74) is 0.127. The van der Waals surface area contributed by atoms with Gasteiger partial charge in [0.2, 0.25) is 5.88 Å². The van der Waals surface area contributed by atoms with Crippen LogP contribution in [0, 0.1) is 5.82 Å². The number of aromatic nitrogens is 6. The molecule has 1 fully saturated rings. The number of ether oxygens (including phenoxy) is 1. The number of hydrogen-bond donors (Lipinski definition) is 3. The molecule has 0 saturated heterocycles. The zero-order chi connectivity index (χ0) is 20.8. The number of fused-ring (bicyclic) bond motifs is 1. The molecule has 1 aliphatic rings. The van der Waals surface area contributed by atoms with Crippen LogP contribution in [0.1, 0.15) is 18.5 Å². The standard InChI is InChI=1S/C18H13ClFN7O3/c19-9-1-4-11(20)13(6-9)30-18-24-14-8(5-12-15(28)25-17(29)23-12)7-21-27(14)16(26-18)22-10-2-3-10/h1,4-7,10,28H,2-3H2,(H2,23,25,29)/b8-5-,22-16?. The van der Waals surface area contributed by atoms with E-state index in [1.165, 1.54) is 35.0 Å². The fourth-order valence-electron chi connectivity index (χ4n) is 2.76. The van der Waals surface area contributed by atoms with Crippen LogP contribution in [0.15, 0.2) is 34.2 Å². The molecule has 12 heteroatoms. The van der Waals surface area contributed by atoms with Crippen LogP contribution in [0.5, 0.6) is 17.6 Å². The lowest BCUT2D eigenvalue weighted by Gasteiger charge is -2.05. The van der Waals surface area contributed by atoms with E-state index in [4.69, 9.17) is 16.3 Å². The van der Waals surface area contributed by atoms with Gasteiger partial charge in [0.05, 0.1) is 12.2 Å². The summed E-state index contributed by atoms with van der Waals surface area (Å²) in [4.78, 5) is 29.1. The van der Waals surface area contributed by atoms with Crippen molar-refractivity contribution in [2.75, 3.05) is 0 Å². The topological polar surface area (TPSA) is 134 Å². The molecule has 152 valence electrons. The average molecular weight is 430 g/mol. The number of benzene rings is 1. The lowest BCUT2D eigenvalue weighted by Crippen LogP contribution is -2.23. The van der Waals surface area contributed by atoms with E-state index in [9.17, 15) is 14.3 Å². The Hall–Kier alpha value is -3.73. The van der Waals surface area contributed by atoms with Gasteiger partial charge in [0.25, 0.3) is 5.62 Å². The molecule has 3 heterocycles. The van der Waals surface area contributed by atoms with Gasteiger partial charge in [-0.3, -0.25) is 4.98 Å². The van der Waals surface area contributed by atoms with Crippen LogP contribution in [-0.2, 0) is 0 Å². The highest BCUT2D eigenvalue weighted by molar-refractivity contribution is 6.30. The van der Waals surface area contributed by atoms with Gasteiger partial charge in [0.15, 0.2) is 17.2 Å². The molecule has 0 unspecified atom stereocenters. The highest BCUT2D eigenvalue weighted by Gasteiger charge is 2.21. The third-order valence-corrected chi connectivity index (χ3v) is 4.57. The molecule has 1 aromatic carbocycles. The maximum atomic E-state index is 14.1. The Labute approximate surface area is 171 Å². The molecule has 3 aromatic heterocycles. The first-order valence-corrected chi connectivity index (χ1v) is 9.29. The predicted octanol–water partition coefficient (Wildman–Crippen LogP) is 1.04. The van der Waals surface area contributed by atoms with Crippen molar-refractivity contribution in [2.24, 2.45) is 4.99 Å². The van der Waals surface area contributed by atoms with Crippen LogP contribution in [-0.4, -0.2) is 40.7 Å². The van der Waals surface area contributed by atoms with Crippen LogP contribution >= 0.6 is 11.6 Å². The van der Waals surface area contributed by atoms with Crippen molar-refractivity contribution in [2.45, 2.75) is 18.9 Å². The fraction of sp³-hybridized carbons (Fsp3) is 0.167. The van der Waals surface area contributed by atoms with E-state index < -0.39 is 11.5 Å². The van der Waals surface area contributed by atoms with Crippen molar-refractivity contribution in [3.8, 4) is 17.6 Å². The van der Waals surface area contributed by atoms with E-state index in [0.717, 1.165) is 12.8 Å². The number of aromatic amines is 2. The van der Waals surface area contributed by atoms with Crippen LogP contribution in [0.4, 0.5) is 4.39 Å². The first-order valence-electron chi connectivity index (χ1n) is 8.92. The van der Waals surface area contributed by atoms with Crippen molar-refractivity contribution in [3.63, 3.8) is 0 Å². The van der Waals surface area contributed by atoms with Gasteiger partial charge in [-0.2, -0.15) is 19.6 Å². The summed E-state index contributed by atoms with van der Waals surface area (Å²) < 4.78 is 21.0. The second-order valence-electron chi connectivity index (χ2n) is 6.66. The molecular formula is C18H13ClFN7O3. The zero-order valence-electron chi connectivity index (χ0n) is 15.1. The van der Waals surface area contributed by atoms with Crippen molar-refractivity contribution < 1.29 is 14.2 Å². The summed E-state index contributed by atoms with van der Waals surface area (Å²) in [6.45, 7) is 0. The first kappa shape index (κ1) is 18.3. The summed E-state index contributed by atoms with van der Waals surface area (Å²) in [5, 5.41) is 14.8. The van der Waals surface area contributed by atoms with Gasteiger partial charge in [-0.1, -0.05) is 11.6 Å². The molecule has 5 rings (SSSR count). The number of hydrogen-bond acceptors (Lipinski definition) is 7. The molecule has 0 amide bonds. The summed E-state index contributed by atoms with van der Waals surface area (Å²) in [6, 6.07) is 3.86. The molecule has 10 nitrogen and oxygen atoms in total. The predicted molar refractivity (Wildman–Crippen MR) is 103 cm³/mol. The summed E-state index contributed by atoms with van der Waals surface area (Å²) in [7, 11) is 0. The molecular weight excluding hydrogens is 417 g/mol. The SMILES string of the molecule is O=c1[nH]c(O)c(/C=c2/cnn3c(=NC4CC4)nc(Oc4cc(Cl)ccc4F)nc23)[nH]1. The molecule has 1 aliphatic carbocycles. The molecule has 3 N–H and O–H groups in total. The van der Waals surface area contributed by atoms with Gasteiger partial charge < -0.3 is 14.8 Å². The lowest BCUT2D eigenvalue weighted by molar-refractivity contribution is 0.406. The Balaban J connectivity index is 1.69. The highest BCUT2D eigenvalue weighted by Crippen LogP contribution is 2.25. The number of halogens is 2. The minimum absolute atomic E-state index is 0.126. The van der Waals surface area contributed by atoms with E-state index in [0.29, 0.717) is 15.9 Å². The van der Waals surface area contributed by atoms with Crippen LogP contribution in [0.25, 0.3) is 11.7 Å². The second-order valence-corrected chi connectivity index (χ2v) is 7.10. The molecule has 4 aromatic rings. The molecule has 30 heavy (non-hydrogen) atoms. The zero-order valence-corrected chi connectivity index (χ0v) is 15.9. The van der Waals surface area contributed by atoms with E-state index in [1.54, 1.807) is 0 Å². The lowest BCUT2D eigenvalue weighted by atomic mass is 10.3. The fourth-order valence-corrected chi connectivity index (χ4v) is 2.92. The van der Waals surface area contributed by atoms with Crippen molar-refractivity contribution >= 4 is 23.3 Å². The number of H-pyrrole nitrogens is 2.